The molecule has 0 spiro atoms. The fourth-order valence-electron chi connectivity index (χ4n) is 1.38. The molecular weight excluding hydrogens is 180 g/mol. The van der Waals surface area contributed by atoms with E-state index in [4.69, 9.17) is 5.14 Å². The summed E-state index contributed by atoms with van der Waals surface area (Å²) >= 11 is 0. The van der Waals surface area contributed by atoms with Crippen LogP contribution in [0, 0.1) is 5.92 Å². The molecule has 1 fully saturated rings. The van der Waals surface area contributed by atoms with E-state index in [1.807, 2.05) is 0 Å². The van der Waals surface area contributed by atoms with Crippen LogP contribution in [0.25, 0.3) is 0 Å². The summed E-state index contributed by atoms with van der Waals surface area (Å²) in [5, 5.41) is 14.1. The third kappa shape index (κ3) is 2.16. The lowest BCUT2D eigenvalue weighted by Crippen LogP contribution is -2.35. The highest BCUT2D eigenvalue weighted by Crippen LogP contribution is 2.20. The van der Waals surface area contributed by atoms with Crippen molar-refractivity contribution in [3.63, 3.8) is 0 Å². The van der Waals surface area contributed by atoms with Gasteiger partial charge in [-0.3, -0.25) is 0 Å². The number of aliphatic hydroxyl groups excluding tert-OH is 1. The second-order valence-electron chi connectivity index (χ2n) is 3.19. The van der Waals surface area contributed by atoms with Gasteiger partial charge in [0.25, 0.3) is 10.2 Å². The van der Waals surface area contributed by atoms with E-state index in [-0.39, 0.29) is 5.92 Å². The summed E-state index contributed by atoms with van der Waals surface area (Å²) in [5.41, 5.74) is 0. The number of nitrogens with two attached hydrogens (primary N) is 1. The molecule has 0 amide bonds. The highest BCUT2D eigenvalue weighted by molar-refractivity contribution is 7.86. The normalized spacial score (nSPS) is 29.1. The first kappa shape index (κ1) is 9.91. The Kier molecular flexibility index (Phi) is 2.72. The number of aliphatic hydroxyl groups is 1. The molecular formula is C6H14N2O3S. The van der Waals surface area contributed by atoms with Gasteiger partial charge in [0.05, 0.1) is 6.10 Å². The van der Waals surface area contributed by atoms with Crippen molar-refractivity contribution < 1.29 is 13.5 Å². The highest BCUT2D eigenvalue weighted by Gasteiger charge is 2.31. The molecule has 1 rings (SSSR count). The van der Waals surface area contributed by atoms with E-state index in [1.165, 1.54) is 4.31 Å². The molecule has 1 heterocycles. The maximum atomic E-state index is 10.8. The van der Waals surface area contributed by atoms with E-state index in [0.29, 0.717) is 19.5 Å². The summed E-state index contributed by atoms with van der Waals surface area (Å²) in [6, 6.07) is 0. The monoisotopic (exact) mass is 194 g/mol. The van der Waals surface area contributed by atoms with E-state index < -0.39 is 16.3 Å². The Morgan fingerprint density at radius 2 is 2.25 bits per heavy atom. The lowest BCUT2D eigenvalue weighted by atomic mass is 10.0. The minimum atomic E-state index is -3.55. The Labute approximate surface area is 72.3 Å². The SMILES string of the molecule is CC(O)C1CCN(S(N)(=O)=O)C1. The second-order valence-corrected chi connectivity index (χ2v) is 4.74. The van der Waals surface area contributed by atoms with Crippen LogP contribution < -0.4 is 5.14 Å². The average Bonchev–Trinajstić information content (AvgIpc) is 2.30. The van der Waals surface area contributed by atoms with Crippen LogP contribution in [0.2, 0.25) is 0 Å². The summed E-state index contributed by atoms with van der Waals surface area (Å²) in [6.45, 7) is 2.43. The molecule has 12 heavy (non-hydrogen) atoms. The maximum Gasteiger partial charge on any atom is 0.276 e. The molecule has 0 aromatic heterocycles. The molecule has 0 aliphatic carbocycles. The van der Waals surface area contributed by atoms with Gasteiger partial charge in [0.15, 0.2) is 0 Å². The quantitative estimate of drug-likeness (QED) is 0.585. The molecule has 2 atom stereocenters. The number of hydrogen-bond acceptors (Lipinski definition) is 3. The van der Waals surface area contributed by atoms with Crippen LogP contribution in [-0.4, -0.2) is 37.0 Å². The van der Waals surface area contributed by atoms with Crippen LogP contribution >= 0.6 is 0 Å². The van der Waals surface area contributed by atoms with Crippen LogP contribution in [0.3, 0.4) is 0 Å². The van der Waals surface area contributed by atoms with Gasteiger partial charge in [0.2, 0.25) is 0 Å². The number of hydrogen-bond donors (Lipinski definition) is 2. The second kappa shape index (κ2) is 3.29. The van der Waals surface area contributed by atoms with E-state index in [9.17, 15) is 13.5 Å². The van der Waals surface area contributed by atoms with E-state index >= 15 is 0 Å². The molecule has 0 aromatic carbocycles. The van der Waals surface area contributed by atoms with Crippen molar-refractivity contribution in [1.29, 1.82) is 0 Å². The van der Waals surface area contributed by atoms with E-state index in [1.54, 1.807) is 6.92 Å². The van der Waals surface area contributed by atoms with Crippen molar-refractivity contribution in [3.05, 3.63) is 0 Å². The maximum absolute atomic E-state index is 10.8. The highest BCUT2D eigenvalue weighted by atomic mass is 32.2. The van der Waals surface area contributed by atoms with Crippen LogP contribution in [0.4, 0.5) is 0 Å². The lowest BCUT2D eigenvalue weighted by Gasteiger charge is -2.14. The summed E-state index contributed by atoms with van der Waals surface area (Å²) in [4.78, 5) is 0. The first-order valence-corrected chi connectivity index (χ1v) is 5.37. The predicted octanol–water partition coefficient (Wildman–Crippen LogP) is -1.11. The van der Waals surface area contributed by atoms with Gasteiger partial charge in [0, 0.05) is 13.1 Å². The van der Waals surface area contributed by atoms with Gasteiger partial charge in [-0.1, -0.05) is 0 Å². The molecule has 0 radical (unpaired) electrons. The zero-order valence-corrected chi connectivity index (χ0v) is 7.79. The third-order valence-electron chi connectivity index (χ3n) is 2.23. The van der Waals surface area contributed by atoms with Gasteiger partial charge < -0.3 is 5.11 Å². The molecule has 3 N–H and O–H groups in total. The summed E-state index contributed by atoms with van der Waals surface area (Å²) < 4.78 is 22.8. The van der Waals surface area contributed by atoms with Gasteiger partial charge in [-0.05, 0) is 19.3 Å². The van der Waals surface area contributed by atoms with Crippen molar-refractivity contribution in [1.82, 2.24) is 4.31 Å². The Balaban J connectivity index is 2.58. The number of rotatable bonds is 2. The molecule has 1 aliphatic rings. The Morgan fingerprint density at radius 1 is 1.67 bits per heavy atom. The van der Waals surface area contributed by atoms with Crippen LogP contribution in [-0.2, 0) is 10.2 Å². The molecule has 2 unspecified atom stereocenters. The van der Waals surface area contributed by atoms with Crippen molar-refractivity contribution >= 4 is 10.2 Å². The topological polar surface area (TPSA) is 83.6 Å². The molecule has 0 bridgehead atoms. The van der Waals surface area contributed by atoms with Crippen LogP contribution in [0.5, 0.6) is 0 Å². The van der Waals surface area contributed by atoms with Crippen molar-refractivity contribution in [2.24, 2.45) is 11.1 Å². The van der Waals surface area contributed by atoms with Crippen molar-refractivity contribution in [3.8, 4) is 0 Å². The fourth-order valence-corrected chi connectivity index (χ4v) is 2.14. The molecule has 1 aliphatic heterocycles. The van der Waals surface area contributed by atoms with Gasteiger partial charge in [-0.15, -0.1) is 0 Å². The molecule has 5 nitrogen and oxygen atoms in total. The van der Waals surface area contributed by atoms with E-state index in [2.05, 4.69) is 0 Å². The molecule has 72 valence electrons. The average molecular weight is 194 g/mol. The third-order valence-corrected chi connectivity index (χ3v) is 3.28. The van der Waals surface area contributed by atoms with Gasteiger partial charge in [-0.25, -0.2) is 5.14 Å². The molecule has 6 heteroatoms. The fraction of sp³-hybridized carbons (Fsp3) is 1.00. The zero-order valence-electron chi connectivity index (χ0n) is 6.97. The summed E-state index contributed by atoms with van der Waals surface area (Å²) in [7, 11) is -3.55. The smallest absolute Gasteiger partial charge is 0.276 e. The van der Waals surface area contributed by atoms with Gasteiger partial charge >= 0.3 is 0 Å². The standard InChI is InChI=1S/C6H14N2O3S/c1-5(9)6-2-3-8(4-6)12(7,10)11/h5-6,9H,2-4H2,1H3,(H2,7,10,11). The van der Waals surface area contributed by atoms with Crippen LogP contribution in [0.1, 0.15) is 13.3 Å². The summed E-state index contributed by atoms with van der Waals surface area (Å²) in [6.07, 6.45) is 0.227. The Hall–Kier alpha value is -0.170. The van der Waals surface area contributed by atoms with Crippen molar-refractivity contribution in [2.45, 2.75) is 19.4 Å². The largest absolute Gasteiger partial charge is 0.393 e. The first-order valence-electron chi connectivity index (χ1n) is 3.87. The van der Waals surface area contributed by atoms with E-state index in [0.717, 1.165) is 0 Å². The van der Waals surface area contributed by atoms with Gasteiger partial charge in [0.1, 0.15) is 0 Å². The minimum Gasteiger partial charge on any atom is -0.393 e. The zero-order chi connectivity index (χ0) is 9.35. The lowest BCUT2D eigenvalue weighted by molar-refractivity contribution is 0.133. The predicted molar refractivity (Wildman–Crippen MR) is 44.5 cm³/mol. The number of nitrogens with zero attached hydrogens (tertiary/aromatic N) is 1. The van der Waals surface area contributed by atoms with Crippen LogP contribution in [0.15, 0.2) is 0 Å². The minimum absolute atomic E-state index is 0.0309. The molecule has 1 saturated heterocycles. The molecule has 0 saturated carbocycles. The first-order chi connectivity index (χ1) is 5.41. The Morgan fingerprint density at radius 3 is 2.50 bits per heavy atom. The Bertz CT molecular complexity index is 250. The summed E-state index contributed by atoms with van der Waals surface area (Å²) in [5.74, 6) is 0.0309. The van der Waals surface area contributed by atoms with Gasteiger partial charge in [-0.2, -0.15) is 12.7 Å². The van der Waals surface area contributed by atoms with Crippen molar-refractivity contribution in [2.75, 3.05) is 13.1 Å². The molecule has 0 aromatic rings.